The minimum Gasteiger partial charge on any atom is -0.416 e. The van der Waals surface area contributed by atoms with Crippen LogP contribution in [0.4, 0.5) is 5.69 Å². The molecule has 0 N–H and O–H groups in total. The van der Waals surface area contributed by atoms with Gasteiger partial charge in [0.1, 0.15) is 0 Å². The maximum absolute atomic E-state index is 5.90. The van der Waals surface area contributed by atoms with Gasteiger partial charge in [0.05, 0.1) is 17.4 Å². The average Bonchev–Trinajstić information content (AvgIpc) is 3.75. The molecule has 43 heavy (non-hydrogen) atoms. The van der Waals surface area contributed by atoms with E-state index in [1.165, 1.54) is 16.7 Å². The Balaban J connectivity index is 1.07. The van der Waals surface area contributed by atoms with Gasteiger partial charge in [-0.05, 0) is 65.6 Å². The molecule has 5 heteroatoms. The molecule has 0 radical (unpaired) electrons. The summed E-state index contributed by atoms with van der Waals surface area (Å²) in [4.78, 5) is 0. The Hall–Kier alpha value is -5.55. The first-order valence-corrected chi connectivity index (χ1v) is 14.5. The number of hydrogen-bond acceptors (Lipinski definition) is 5. The second kappa shape index (κ2) is 11.7. The maximum atomic E-state index is 5.90. The summed E-state index contributed by atoms with van der Waals surface area (Å²) in [6.45, 7) is 2.11. The number of aromatic nitrogens is 2. The molecule has 0 amide bonds. The summed E-state index contributed by atoms with van der Waals surface area (Å²) in [7, 11) is 0. The Kier molecular flexibility index (Phi) is 7.20. The Morgan fingerprint density at radius 3 is 1.77 bits per heavy atom. The van der Waals surface area contributed by atoms with Gasteiger partial charge >= 0.3 is 0 Å². The molecule has 1 aromatic heterocycles. The predicted molar refractivity (Wildman–Crippen MR) is 175 cm³/mol. The zero-order valence-corrected chi connectivity index (χ0v) is 23.8. The van der Waals surface area contributed by atoms with E-state index >= 15 is 0 Å². The summed E-state index contributed by atoms with van der Waals surface area (Å²) in [6.07, 6.45) is 5.10. The monoisotopic (exact) mass is 558 g/mol. The van der Waals surface area contributed by atoms with Crippen LogP contribution in [0.5, 0.6) is 0 Å². The summed E-state index contributed by atoms with van der Waals surface area (Å²) in [5, 5.41) is 15.7. The van der Waals surface area contributed by atoms with Crippen molar-refractivity contribution in [1.29, 1.82) is 0 Å². The molecule has 1 aliphatic rings. The normalized spacial score (nSPS) is 14.8. The topological polar surface area (TPSA) is 54.5 Å². The van der Waals surface area contributed by atoms with Crippen LogP contribution in [0.2, 0.25) is 0 Å². The van der Waals surface area contributed by atoms with Crippen molar-refractivity contribution in [1.82, 2.24) is 10.2 Å². The zero-order valence-electron chi connectivity index (χ0n) is 23.8. The fourth-order valence-electron chi connectivity index (χ4n) is 5.31. The summed E-state index contributed by atoms with van der Waals surface area (Å²) < 4.78 is 5.90. The van der Waals surface area contributed by atoms with E-state index in [9.17, 15) is 0 Å². The van der Waals surface area contributed by atoms with Gasteiger partial charge in [-0.3, -0.25) is 5.01 Å². The van der Waals surface area contributed by atoms with E-state index in [0.29, 0.717) is 11.8 Å². The van der Waals surface area contributed by atoms with Gasteiger partial charge in [-0.25, -0.2) is 0 Å². The lowest BCUT2D eigenvalue weighted by atomic mass is 9.98. The average molecular weight is 559 g/mol. The van der Waals surface area contributed by atoms with Gasteiger partial charge in [-0.15, -0.1) is 10.2 Å². The van der Waals surface area contributed by atoms with Gasteiger partial charge in [0.2, 0.25) is 11.8 Å². The molecule has 0 spiro atoms. The van der Waals surface area contributed by atoms with Crippen LogP contribution in [0.1, 0.15) is 40.3 Å². The van der Waals surface area contributed by atoms with Crippen molar-refractivity contribution in [2.45, 2.75) is 19.4 Å². The molecule has 0 bridgehead atoms. The van der Waals surface area contributed by atoms with Gasteiger partial charge < -0.3 is 4.42 Å². The minimum absolute atomic E-state index is 0.153. The van der Waals surface area contributed by atoms with Gasteiger partial charge in [0.15, 0.2) is 0 Å². The summed E-state index contributed by atoms with van der Waals surface area (Å²) in [5.74, 6) is 1.03. The van der Waals surface area contributed by atoms with E-state index in [2.05, 4.69) is 125 Å². The highest BCUT2D eigenvalue weighted by molar-refractivity contribution is 6.03. The fourth-order valence-corrected chi connectivity index (χ4v) is 5.31. The van der Waals surface area contributed by atoms with Crippen molar-refractivity contribution >= 4 is 23.6 Å². The fraction of sp³-hybridized carbons (Fsp3) is 0.0789. The van der Waals surface area contributed by atoms with E-state index in [1.807, 2.05) is 42.5 Å². The SMILES string of the molecule is Cc1ccc(C2=NN(c3ccc(/C=C/c4ccc(-c5nnc(-c6ccccc6)o5)cc4)cc3)[C@@H](c3ccccc3)C2)cc1. The molecule has 5 aromatic carbocycles. The van der Waals surface area contributed by atoms with Crippen LogP contribution in [-0.2, 0) is 0 Å². The van der Waals surface area contributed by atoms with Gasteiger partial charge in [-0.1, -0.05) is 115 Å². The lowest BCUT2D eigenvalue weighted by Gasteiger charge is -2.24. The van der Waals surface area contributed by atoms with Crippen molar-refractivity contribution in [2.75, 3.05) is 5.01 Å². The number of aryl methyl sites for hydroxylation is 1. The van der Waals surface area contributed by atoms with Gasteiger partial charge in [-0.2, -0.15) is 5.10 Å². The molecule has 2 heterocycles. The molecule has 0 fully saturated rings. The zero-order chi connectivity index (χ0) is 29.0. The molecule has 0 aliphatic carbocycles. The summed E-state index contributed by atoms with van der Waals surface area (Å²) in [6, 6.07) is 46.0. The molecule has 0 unspecified atom stereocenters. The van der Waals surface area contributed by atoms with Crippen LogP contribution < -0.4 is 5.01 Å². The van der Waals surface area contributed by atoms with Crippen LogP contribution in [0.15, 0.2) is 143 Å². The molecule has 208 valence electrons. The smallest absolute Gasteiger partial charge is 0.248 e. The lowest BCUT2D eigenvalue weighted by molar-refractivity contribution is 0.584. The summed E-state index contributed by atoms with van der Waals surface area (Å²) in [5.41, 5.74) is 9.88. The van der Waals surface area contributed by atoms with Gasteiger partial charge in [0.25, 0.3) is 0 Å². The highest BCUT2D eigenvalue weighted by atomic mass is 16.4. The number of rotatable bonds is 7. The molecular weight excluding hydrogens is 528 g/mol. The van der Waals surface area contributed by atoms with E-state index in [1.54, 1.807) is 0 Å². The van der Waals surface area contributed by atoms with Crippen molar-refractivity contribution in [3.05, 3.63) is 161 Å². The predicted octanol–water partition coefficient (Wildman–Crippen LogP) is 9.24. The largest absolute Gasteiger partial charge is 0.416 e. The second-order valence-corrected chi connectivity index (χ2v) is 10.7. The lowest BCUT2D eigenvalue weighted by Crippen LogP contribution is -2.18. The third-order valence-corrected chi connectivity index (χ3v) is 7.71. The molecule has 0 saturated carbocycles. The highest BCUT2D eigenvalue weighted by Gasteiger charge is 2.29. The number of hydrogen-bond donors (Lipinski definition) is 0. The molecule has 7 rings (SSSR count). The number of benzene rings is 5. The van der Waals surface area contributed by atoms with Crippen molar-refractivity contribution < 1.29 is 4.42 Å². The Morgan fingerprint density at radius 1 is 0.605 bits per heavy atom. The van der Waals surface area contributed by atoms with Crippen molar-refractivity contribution in [3.63, 3.8) is 0 Å². The Bertz CT molecular complexity index is 1870. The molecule has 0 saturated heterocycles. The molecular formula is C38H30N4O. The number of hydrazone groups is 1. The van der Waals surface area contributed by atoms with Crippen molar-refractivity contribution in [3.8, 4) is 22.9 Å². The minimum atomic E-state index is 0.153. The van der Waals surface area contributed by atoms with E-state index < -0.39 is 0 Å². The Labute approximate surface area is 251 Å². The Morgan fingerprint density at radius 2 is 1.14 bits per heavy atom. The first-order chi connectivity index (χ1) is 21.2. The van der Waals surface area contributed by atoms with Crippen LogP contribution in [0.25, 0.3) is 35.1 Å². The van der Waals surface area contributed by atoms with Crippen LogP contribution in [0.3, 0.4) is 0 Å². The maximum Gasteiger partial charge on any atom is 0.248 e. The molecule has 1 aliphatic heterocycles. The first kappa shape index (κ1) is 26.4. The van der Waals surface area contributed by atoms with Crippen molar-refractivity contribution in [2.24, 2.45) is 5.10 Å². The third kappa shape index (κ3) is 5.79. The highest BCUT2D eigenvalue weighted by Crippen LogP contribution is 2.37. The van der Waals surface area contributed by atoms with E-state index in [0.717, 1.165) is 40.1 Å². The molecule has 5 nitrogen and oxygen atoms in total. The van der Waals surface area contributed by atoms with E-state index in [4.69, 9.17) is 9.52 Å². The standard InChI is InChI=1S/C38H30N4O/c1-27-12-20-30(21-13-27)35-26-36(31-8-4-2-5-9-31)42(41-35)34-24-18-29(19-25-34)15-14-28-16-22-33(23-17-28)38-40-39-37(43-38)32-10-6-3-7-11-32/h2-25,36H,26H2,1H3/b15-14+/t36-/m1/s1. The van der Waals surface area contributed by atoms with Crippen LogP contribution >= 0.6 is 0 Å². The second-order valence-electron chi connectivity index (χ2n) is 10.7. The first-order valence-electron chi connectivity index (χ1n) is 14.5. The molecule has 1 atom stereocenters. The quantitative estimate of drug-likeness (QED) is 0.183. The summed E-state index contributed by atoms with van der Waals surface area (Å²) >= 11 is 0. The number of anilines is 1. The third-order valence-electron chi connectivity index (χ3n) is 7.71. The molecule has 6 aromatic rings. The van der Waals surface area contributed by atoms with Crippen LogP contribution in [-0.4, -0.2) is 15.9 Å². The number of nitrogens with zero attached hydrogens (tertiary/aromatic N) is 4. The van der Waals surface area contributed by atoms with Gasteiger partial charge in [0, 0.05) is 17.5 Å². The van der Waals surface area contributed by atoms with Crippen LogP contribution in [0, 0.1) is 6.92 Å². The van der Waals surface area contributed by atoms with E-state index in [-0.39, 0.29) is 6.04 Å².